The van der Waals surface area contributed by atoms with Crippen LogP contribution in [0, 0.1) is 5.82 Å². The summed E-state index contributed by atoms with van der Waals surface area (Å²) in [5.74, 6) is -0.521. The highest BCUT2D eigenvalue weighted by Gasteiger charge is 2.06. The molecule has 2 rings (SSSR count). The number of hydrogen-bond donors (Lipinski definition) is 0. The lowest BCUT2D eigenvalue weighted by Crippen LogP contribution is -1.90. The molecule has 0 aliphatic rings. The molecule has 0 aromatic carbocycles. The van der Waals surface area contributed by atoms with Gasteiger partial charge in [0.2, 0.25) is 0 Å². The normalized spacial score (nSPS) is 10.9. The van der Waals surface area contributed by atoms with Gasteiger partial charge in [-0.25, -0.2) is 9.37 Å². The molecule has 0 N–H and O–H groups in total. The monoisotopic (exact) mass is 185 g/mol. The summed E-state index contributed by atoms with van der Waals surface area (Å²) in [5, 5.41) is 3.79. The fourth-order valence-corrected chi connectivity index (χ4v) is 1.17. The van der Waals surface area contributed by atoms with Crippen LogP contribution < -0.4 is 0 Å². The average Bonchev–Trinajstić information content (AvgIpc) is 2.35. The maximum atomic E-state index is 12.9. The maximum Gasteiger partial charge on any atom is 0.165 e. The highest BCUT2D eigenvalue weighted by molar-refractivity contribution is 6.29. The van der Waals surface area contributed by atoms with E-state index in [0.29, 0.717) is 11.0 Å². The van der Waals surface area contributed by atoms with Gasteiger partial charge < -0.3 is 0 Å². The maximum absolute atomic E-state index is 12.9. The van der Waals surface area contributed by atoms with Gasteiger partial charge in [-0.15, -0.1) is 0 Å². The minimum absolute atomic E-state index is 0.115. The van der Waals surface area contributed by atoms with Crippen LogP contribution >= 0.6 is 11.6 Å². The Morgan fingerprint density at radius 1 is 1.58 bits per heavy atom. The third-order valence-corrected chi connectivity index (χ3v) is 1.91. The molecular weight excluding hydrogens is 181 g/mol. The second-order valence-corrected chi connectivity index (χ2v) is 2.79. The first kappa shape index (κ1) is 7.49. The van der Waals surface area contributed by atoms with Crippen molar-refractivity contribution < 1.29 is 4.39 Å². The number of aromatic nitrogens is 3. The predicted octanol–water partition coefficient (Wildman–Crippen LogP) is 1.76. The Hall–Kier alpha value is -1.16. The third kappa shape index (κ3) is 0.956. The highest BCUT2D eigenvalue weighted by atomic mass is 35.5. The lowest BCUT2D eigenvalue weighted by molar-refractivity contribution is 0.623. The Labute approximate surface area is 72.8 Å². The number of hydrogen-bond acceptors (Lipinski definition) is 2. The van der Waals surface area contributed by atoms with Crippen LogP contribution in [0.15, 0.2) is 12.3 Å². The molecule has 0 fully saturated rings. The summed E-state index contributed by atoms with van der Waals surface area (Å²) < 4.78 is 14.4. The number of aryl methyl sites for hydroxylation is 1. The highest BCUT2D eigenvalue weighted by Crippen LogP contribution is 2.17. The van der Waals surface area contributed by atoms with Crippen molar-refractivity contribution in [2.24, 2.45) is 7.05 Å². The second kappa shape index (κ2) is 2.42. The molecule has 2 heterocycles. The van der Waals surface area contributed by atoms with Crippen LogP contribution in [-0.4, -0.2) is 14.8 Å². The molecule has 62 valence electrons. The average molecular weight is 186 g/mol. The first-order chi connectivity index (χ1) is 5.68. The van der Waals surface area contributed by atoms with Gasteiger partial charge in [0.05, 0.1) is 11.7 Å². The fraction of sp³-hybridized carbons (Fsp3) is 0.143. The fourth-order valence-electron chi connectivity index (χ4n) is 1.03. The third-order valence-electron chi connectivity index (χ3n) is 1.64. The molecule has 5 heteroatoms. The van der Waals surface area contributed by atoms with Crippen LogP contribution in [0.5, 0.6) is 0 Å². The minimum Gasteiger partial charge on any atom is -0.266 e. The van der Waals surface area contributed by atoms with Crippen LogP contribution in [0.2, 0.25) is 5.15 Å². The smallest absolute Gasteiger partial charge is 0.165 e. The van der Waals surface area contributed by atoms with Gasteiger partial charge in [0.25, 0.3) is 0 Å². The number of fused-ring (bicyclic) bond motifs is 1. The van der Waals surface area contributed by atoms with Crippen molar-refractivity contribution in [1.29, 1.82) is 0 Å². The molecule has 0 spiro atoms. The summed E-state index contributed by atoms with van der Waals surface area (Å²) in [6.07, 6.45) is 1.54. The summed E-state index contributed by atoms with van der Waals surface area (Å²) in [5.41, 5.74) is 1.24. The molecule has 0 unspecified atom stereocenters. The van der Waals surface area contributed by atoms with Gasteiger partial charge in [-0.05, 0) is 0 Å². The van der Waals surface area contributed by atoms with E-state index in [1.54, 1.807) is 17.9 Å². The zero-order chi connectivity index (χ0) is 8.72. The van der Waals surface area contributed by atoms with Crippen LogP contribution in [0.25, 0.3) is 11.0 Å². The molecule has 0 radical (unpaired) electrons. The number of halogens is 2. The van der Waals surface area contributed by atoms with Crippen molar-refractivity contribution in [2.45, 2.75) is 0 Å². The first-order valence-corrected chi connectivity index (χ1v) is 3.70. The molecule has 0 saturated carbocycles. The van der Waals surface area contributed by atoms with Gasteiger partial charge in [-0.2, -0.15) is 5.10 Å². The molecule has 0 bridgehead atoms. The Morgan fingerprint density at radius 3 is 3.08 bits per heavy atom. The summed E-state index contributed by atoms with van der Waals surface area (Å²) in [7, 11) is 1.72. The second-order valence-electron chi connectivity index (χ2n) is 2.43. The molecule has 2 aromatic rings. The van der Waals surface area contributed by atoms with Crippen LogP contribution in [0.1, 0.15) is 0 Å². The lowest BCUT2D eigenvalue weighted by atomic mass is 10.4. The van der Waals surface area contributed by atoms with Crippen LogP contribution in [0.4, 0.5) is 4.39 Å². The Kier molecular flexibility index (Phi) is 1.51. The quantitative estimate of drug-likeness (QED) is 0.586. The molecule has 0 amide bonds. The summed E-state index contributed by atoms with van der Waals surface area (Å²) in [6.45, 7) is 0. The van der Waals surface area contributed by atoms with Gasteiger partial charge in [0, 0.05) is 13.1 Å². The van der Waals surface area contributed by atoms with E-state index in [0.717, 1.165) is 0 Å². The largest absolute Gasteiger partial charge is 0.266 e. The van der Waals surface area contributed by atoms with E-state index in [2.05, 4.69) is 10.1 Å². The van der Waals surface area contributed by atoms with E-state index in [1.807, 2.05) is 0 Å². The summed E-state index contributed by atoms with van der Waals surface area (Å²) >= 11 is 5.47. The van der Waals surface area contributed by atoms with E-state index in [4.69, 9.17) is 11.6 Å². The van der Waals surface area contributed by atoms with E-state index < -0.39 is 5.82 Å². The Bertz CT molecular complexity index is 437. The molecule has 0 atom stereocenters. The molecular formula is C7H5ClFN3. The molecule has 0 saturated heterocycles. The predicted molar refractivity (Wildman–Crippen MR) is 43.5 cm³/mol. The standard InChI is InChI=1S/C7H5ClFN3/c1-12-6-2-4(9)7(8)11-5(6)3-10-12/h2-3H,1H3. The van der Waals surface area contributed by atoms with Crippen molar-refractivity contribution in [1.82, 2.24) is 14.8 Å². The van der Waals surface area contributed by atoms with Crippen molar-refractivity contribution in [3.8, 4) is 0 Å². The van der Waals surface area contributed by atoms with E-state index in [9.17, 15) is 4.39 Å². The van der Waals surface area contributed by atoms with E-state index in [-0.39, 0.29) is 5.15 Å². The summed E-state index contributed by atoms with van der Waals surface area (Å²) in [6, 6.07) is 1.32. The van der Waals surface area contributed by atoms with Crippen molar-refractivity contribution in [3.63, 3.8) is 0 Å². The van der Waals surface area contributed by atoms with Gasteiger partial charge in [-0.3, -0.25) is 4.68 Å². The molecule has 0 aliphatic carbocycles. The molecule has 0 aliphatic heterocycles. The van der Waals surface area contributed by atoms with Crippen LogP contribution in [0.3, 0.4) is 0 Å². The van der Waals surface area contributed by atoms with E-state index >= 15 is 0 Å². The van der Waals surface area contributed by atoms with Gasteiger partial charge >= 0.3 is 0 Å². The van der Waals surface area contributed by atoms with Crippen molar-refractivity contribution in [2.75, 3.05) is 0 Å². The minimum atomic E-state index is -0.521. The van der Waals surface area contributed by atoms with Crippen molar-refractivity contribution >= 4 is 22.6 Å². The Balaban J connectivity index is 2.87. The van der Waals surface area contributed by atoms with E-state index in [1.165, 1.54) is 6.07 Å². The molecule has 12 heavy (non-hydrogen) atoms. The summed E-state index contributed by atoms with van der Waals surface area (Å²) in [4.78, 5) is 3.80. The zero-order valence-electron chi connectivity index (χ0n) is 6.25. The number of rotatable bonds is 0. The van der Waals surface area contributed by atoms with Crippen molar-refractivity contribution in [3.05, 3.63) is 23.2 Å². The molecule has 2 aromatic heterocycles. The van der Waals surface area contributed by atoms with Gasteiger partial charge in [0.1, 0.15) is 5.52 Å². The van der Waals surface area contributed by atoms with Gasteiger partial charge in [0.15, 0.2) is 11.0 Å². The topological polar surface area (TPSA) is 30.7 Å². The zero-order valence-corrected chi connectivity index (χ0v) is 7.01. The Morgan fingerprint density at radius 2 is 2.33 bits per heavy atom. The first-order valence-electron chi connectivity index (χ1n) is 3.32. The van der Waals surface area contributed by atoms with Crippen LogP contribution in [-0.2, 0) is 7.05 Å². The molecule has 3 nitrogen and oxygen atoms in total. The van der Waals surface area contributed by atoms with Gasteiger partial charge in [-0.1, -0.05) is 11.6 Å². The SMILES string of the molecule is Cn1ncc2nc(Cl)c(F)cc21. The number of nitrogens with zero attached hydrogens (tertiary/aromatic N) is 3. The number of pyridine rings is 1. The lowest BCUT2D eigenvalue weighted by Gasteiger charge is -1.94.